The molecule has 0 saturated heterocycles. The van der Waals surface area contributed by atoms with Crippen molar-refractivity contribution in [1.82, 2.24) is 0 Å². The molecular weight excluding hydrogens is 324 g/mol. The number of esters is 1. The number of rotatable bonds is 1. The van der Waals surface area contributed by atoms with Crippen LogP contribution in [0, 0.1) is 40.9 Å². The quantitative estimate of drug-likeness (QED) is 0.524. The van der Waals surface area contributed by atoms with Crippen LogP contribution in [0.15, 0.2) is 23.8 Å². The lowest BCUT2D eigenvalue weighted by Crippen LogP contribution is -2.55. The first-order chi connectivity index (χ1) is 12.3. The molecule has 0 aliphatic heterocycles. The zero-order valence-electron chi connectivity index (χ0n) is 16.0. The van der Waals surface area contributed by atoms with Gasteiger partial charge in [0.2, 0.25) is 0 Å². The third-order valence-electron chi connectivity index (χ3n) is 8.23. The molecule has 0 aromatic carbocycles. The lowest BCUT2D eigenvalue weighted by Gasteiger charge is -2.57. The molecule has 0 N–H and O–H groups in total. The second-order valence-corrected chi connectivity index (χ2v) is 9.16. The highest BCUT2D eigenvalue weighted by molar-refractivity contribution is 6.01. The van der Waals surface area contributed by atoms with Crippen molar-refractivity contribution in [3.8, 4) is 12.3 Å². The van der Waals surface area contributed by atoms with Gasteiger partial charge in [0.15, 0.2) is 11.4 Å². The van der Waals surface area contributed by atoms with Crippen LogP contribution in [-0.2, 0) is 14.3 Å². The summed E-state index contributed by atoms with van der Waals surface area (Å²) in [7, 11) is 0. The third kappa shape index (κ3) is 2.14. The van der Waals surface area contributed by atoms with E-state index in [4.69, 9.17) is 11.2 Å². The van der Waals surface area contributed by atoms with E-state index in [9.17, 15) is 9.59 Å². The van der Waals surface area contributed by atoms with Gasteiger partial charge in [0.1, 0.15) is 0 Å². The number of hydrogen-bond donors (Lipinski definition) is 0. The zero-order chi connectivity index (χ0) is 18.7. The highest BCUT2D eigenvalue weighted by Crippen LogP contribution is 2.67. The molecule has 0 aromatic rings. The van der Waals surface area contributed by atoms with Crippen molar-refractivity contribution in [2.75, 3.05) is 0 Å². The smallest absolute Gasteiger partial charge is 0.304 e. The summed E-state index contributed by atoms with van der Waals surface area (Å²) >= 11 is 0. The van der Waals surface area contributed by atoms with Gasteiger partial charge in [0.05, 0.1) is 0 Å². The maximum absolute atomic E-state index is 11.8. The van der Waals surface area contributed by atoms with E-state index in [1.54, 1.807) is 6.08 Å². The summed E-state index contributed by atoms with van der Waals surface area (Å²) < 4.78 is 5.80. The molecule has 0 radical (unpaired) electrons. The van der Waals surface area contributed by atoms with Crippen LogP contribution in [0.5, 0.6) is 0 Å². The molecule has 3 saturated carbocycles. The standard InChI is InChI=1S/C23H28O3/c1-5-23(26-15(2)24)13-10-20-18-7-6-16-14-17(25)8-11-21(16,3)19(18)9-12-22(20,23)4/h1,8,11,14,18-20H,6-7,9-10,12-13H2,2-4H3/t18-,19+,20+,21+,22+,23+/m1/s1. The summed E-state index contributed by atoms with van der Waals surface area (Å²) in [6.45, 7) is 6.01. The largest absolute Gasteiger partial charge is 0.445 e. The second-order valence-electron chi connectivity index (χ2n) is 9.16. The van der Waals surface area contributed by atoms with E-state index >= 15 is 0 Å². The number of carbonyl (C=O) groups is 2. The molecule has 0 aromatic heterocycles. The van der Waals surface area contributed by atoms with E-state index in [0.717, 1.165) is 38.5 Å². The van der Waals surface area contributed by atoms with Crippen molar-refractivity contribution in [3.05, 3.63) is 23.8 Å². The number of hydrogen-bond acceptors (Lipinski definition) is 3. The summed E-state index contributed by atoms with van der Waals surface area (Å²) in [5, 5.41) is 0. The Kier molecular flexibility index (Phi) is 3.78. The highest BCUT2D eigenvalue weighted by atomic mass is 16.6. The van der Waals surface area contributed by atoms with Crippen LogP contribution in [0.1, 0.15) is 59.3 Å². The monoisotopic (exact) mass is 352 g/mol. The van der Waals surface area contributed by atoms with E-state index in [-0.39, 0.29) is 22.6 Å². The molecule has 3 nitrogen and oxygen atoms in total. The average molecular weight is 352 g/mol. The molecule has 0 unspecified atom stereocenters. The summed E-state index contributed by atoms with van der Waals surface area (Å²) in [4.78, 5) is 23.6. The minimum absolute atomic E-state index is 0.0129. The normalized spacial score (nSPS) is 46.5. The Balaban J connectivity index is 1.70. The van der Waals surface area contributed by atoms with Crippen molar-refractivity contribution >= 4 is 11.8 Å². The van der Waals surface area contributed by atoms with Crippen molar-refractivity contribution in [2.45, 2.75) is 64.9 Å². The molecule has 3 heteroatoms. The van der Waals surface area contributed by atoms with Crippen LogP contribution in [0.2, 0.25) is 0 Å². The van der Waals surface area contributed by atoms with Crippen molar-refractivity contribution in [1.29, 1.82) is 0 Å². The van der Waals surface area contributed by atoms with Gasteiger partial charge in [0, 0.05) is 17.8 Å². The molecule has 4 aliphatic rings. The molecule has 6 atom stereocenters. The van der Waals surface area contributed by atoms with Gasteiger partial charge in [-0.25, -0.2) is 0 Å². The van der Waals surface area contributed by atoms with Crippen LogP contribution in [0.25, 0.3) is 0 Å². The highest BCUT2D eigenvalue weighted by Gasteiger charge is 2.65. The number of allylic oxidation sites excluding steroid dienone is 4. The maximum atomic E-state index is 11.8. The van der Waals surface area contributed by atoms with Gasteiger partial charge in [-0.2, -0.15) is 0 Å². The Hall–Kier alpha value is -1.82. The molecule has 0 amide bonds. The number of fused-ring (bicyclic) bond motifs is 5. The SMILES string of the molecule is C#C[C@]1(OC(C)=O)CC[C@H]2[C@@H]3CCC4=CC(=O)C=C[C@]4(C)[C@H]3CC[C@@]21C. The molecule has 4 aliphatic carbocycles. The van der Waals surface area contributed by atoms with Crippen LogP contribution < -0.4 is 0 Å². The van der Waals surface area contributed by atoms with Crippen LogP contribution in [-0.4, -0.2) is 17.4 Å². The lowest BCUT2D eigenvalue weighted by atomic mass is 9.47. The summed E-state index contributed by atoms with van der Waals surface area (Å²) in [6.07, 6.45) is 17.6. The van der Waals surface area contributed by atoms with Crippen molar-refractivity contribution < 1.29 is 14.3 Å². The van der Waals surface area contributed by atoms with E-state index < -0.39 is 5.60 Å². The number of terminal acetylenes is 1. The van der Waals surface area contributed by atoms with Crippen LogP contribution in [0.4, 0.5) is 0 Å². The minimum atomic E-state index is -0.760. The summed E-state index contributed by atoms with van der Waals surface area (Å²) in [5.41, 5.74) is 0.377. The third-order valence-corrected chi connectivity index (χ3v) is 8.23. The molecule has 138 valence electrons. The first-order valence-corrected chi connectivity index (χ1v) is 9.87. The Labute approximate surface area is 156 Å². The molecule has 4 rings (SSSR count). The Bertz CT molecular complexity index is 769. The molecule has 26 heavy (non-hydrogen) atoms. The predicted molar refractivity (Wildman–Crippen MR) is 99.9 cm³/mol. The van der Waals surface area contributed by atoms with Crippen molar-refractivity contribution in [3.63, 3.8) is 0 Å². The topological polar surface area (TPSA) is 43.4 Å². The van der Waals surface area contributed by atoms with Gasteiger partial charge in [-0.15, -0.1) is 6.42 Å². The van der Waals surface area contributed by atoms with Gasteiger partial charge in [-0.1, -0.05) is 31.4 Å². The van der Waals surface area contributed by atoms with Gasteiger partial charge >= 0.3 is 5.97 Å². The molecule has 3 fully saturated rings. The number of ketones is 1. The van der Waals surface area contributed by atoms with Gasteiger partial charge in [-0.05, 0) is 68.4 Å². The van der Waals surface area contributed by atoms with E-state index in [1.165, 1.54) is 12.5 Å². The number of ether oxygens (including phenoxy) is 1. The molecule has 0 spiro atoms. The fourth-order valence-corrected chi connectivity index (χ4v) is 6.88. The predicted octanol–water partition coefficient (Wildman–Crippen LogP) is 4.23. The molecule has 0 heterocycles. The van der Waals surface area contributed by atoms with Crippen LogP contribution in [0.3, 0.4) is 0 Å². The first kappa shape index (κ1) is 17.6. The maximum Gasteiger partial charge on any atom is 0.304 e. The Morgan fingerprint density at radius 3 is 2.65 bits per heavy atom. The summed E-state index contributed by atoms with van der Waals surface area (Å²) in [6, 6.07) is 0. The van der Waals surface area contributed by atoms with Crippen LogP contribution >= 0.6 is 0 Å². The van der Waals surface area contributed by atoms with E-state index in [1.807, 2.05) is 6.08 Å². The summed E-state index contributed by atoms with van der Waals surface area (Å²) in [5.74, 6) is 4.33. The molecular formula is C23H28O3. The fourth-order valence-electron chi connectivity index (χ4n) is 6.88. The van der Waals surface area contributed by atoms with E-state index in [0.29, 0.717) is 17.8 Å². The lowest BCUT2D eigenvalue weighted by molar-refractivity contribution is -0.168. The fraction of sp³-hybridized carbons (Fsp3) is 0.652. The number of carbonyl (C=O) groups excluding carboxylic acids is 2. The Morgan fingerprint density at radius 1 is 1.23 bits per heavy atom. The van der Waals surface area contributed by atoms with Gasteiger partial charge in [-0.3, -0.25) is 9.59 Å². The average Bonchev–Trinajstić information content (AvgIpc) is 2.88. The zero-order valence-corrected chi connectivity index (χ0v) is 16.0. The minimum Gasteiger partial charge on any atom is -0.445 e. The van der Waals surface area contributed by atoms with Gasteiger partial charge in [0.25, 0.3) is 0 Å². The second kappa shape index (κ2) is 5.59. The Morgan fingerprint density at radius 2 is 1.96 bits per heavy atom. The molecule has 0 bridgehead atoms. The van der Waals surface area contributed by atoms with Crippen molar-refractivity contribution in [2.24, 2.45) is 28.6 Å². The first-order valence-electron chi connectivity index (χ1n) is 9.87. The van der Waals surface area contributed by atoms with E-state index in [2.05, 4.69) is 25.8 Å². The van der Waals surface area contributed by atoms with Gasteiger partial charge < -0.3 is 4.74 Å².